The lowest BCUT2D eigenvalue weighted by atomic mass is 10.5. The molecule has 0 saturated carbocycles. The molecule has 0 bridgehead atoms. The van der Waals surface area contributed by atoms with Crippen molar-refractivity contribution in [3.8, 4) is 12.3 Å². The van der Waals surface area contributed by atoms with Crippen molar-refractivity contribution < 1.29 is 4.79 Å². The molecule has 0 aliphatic carbocycles. The van der Waals surface area contributed by atoms with Gasteiger partial charge in [-0.1, -0.05) is 11.1 Å². The Bertz CT molecular complexity index is 608. The van der Waals surface area contributed by atoms with Gasteiger partial charge in [0.05, 0.1) is 0 Å². The fraction of sp³-hybridized carbons (Fsp3) is 0.222. The molecule has 8 heteroatoms. The Kier molecular flexibility index (Phi) is 4.08. The number of aromatic nitrogens is 5. The van der Waals surface area contributed by atoms with E-state index in [0.717, 1.165) is 4.68 Å². The lowest BCUT2D eigenvalue weighted by molar-refractivity contribution is -0.0979. The first-order chi connectivity index (χ1) is 8.27. The van der Waals surface area contributed by atoms with Crippen LogP contribution in [0, 0.1) is 12.3 Å². The van der Waals surface area contributed by atoms with Gasteiger partial charge in [0, 0.05) is 6.54 Å². The van der Waals surface area contributed by atoms with Crippen LogP contribution in [-0.4, -0.2) is 31.2 Å². The second kappa shape index (κ2) is 5.53. The molecule has 0 atom stereocenters. The highest BCUT2D eigenvalue weighted by Gasteiger charge is 2.08. The molecular formula is C9H10N6O2. The van der Waals surface area contributed by atoms with Crippen LogP contribution in [0.1, 0.15) is 5.69 Å². The molecule has 0 aliphatic heterocycles. The molecule has 0 amide bonds. The normalized spacial score (nSPS) is 9.41. The first-order valence-corrected chi connectivity index (χ1v) is 4.50. The molecule has 0 aromatic carbocycles. The molecule has 8 nitrogen and oxygen atoms in total. The molecule has 2 aromatic rings. The average molecular weight is 234 g/mol. The van der Waals surface area contributed by atoms with Crippen molar-refractivity contribution in [3.63, 3.8) is 0 Å². The Morgan fingerprint density at radius 1 is 1.53 bits per heavy atom. The highest BCUT2D eigenvalue weighted by atomic mass is 16.2. The molecule has 0 aliphatic rings. The number of fused-ring (bicyclic) bond motifs is 1. The van der Waals surface area contributed by atoms with Crippen molar-refractivity contribution in [2.24, 2.45) is 5.73 Å². The molecule has 2 aromatic heterocycles. The number of rotatable bonds is 2. The molecule has 0 saturated heterocycles. The Morgan fingerprint density at radius 3 is 2.82 bits per heavy atom. The molecule has 0 spiro atoms. The summed E-state index contributed by atoms with van der Waals surface area (Å²) in [5.41, 5.74) is 5.96. The van der Waals surface area contributed by atoms with Gasteiger partial charge in [-0.2, -0.15) is 4.68 Å². The summed E-state index contributed by atoms with van der Waals surface area (Å²) >= 11 is 0. The van der Waals surface area contributed by atoms with Crippen molar-refractivity contribution in [2.45, 2.75) is 13.1 Å². The second-order valence-corrected chi connectivity index (χ2v) is 2.82. The van der Waals surface area contributed by atoms with Gasteiger partial charge in [0.1, 0.15) is 25.4 Å². The second-order valence-electron chi connectivity index (χ2n) is 2.82. The summed E-state index contributed by atoms with van der Waals surface area (Å²) in [6.07, 6.45) is 6.45. The molecule has 17 heavy (non-hydrogen) atoms. The van der Waals surface area contributed by atoms with E-state index in [9.17, 15) is 4.79 Å². The summed E-state index contributed by atoms with van der Waals surface area (Å²) in [5.74, 6) is 2.31. The van der Waals surface area contributed by atoms with Crippen LogP contribution < -0.4 is 11.4 Å². The maximum atomic E-state index is 11.7. The minimum atomic E-state index is -0.370. The number of imidazole rings is 1. The zero-order chi connectivity index (χ0) is 12.8. The first-order valence-electron chi connectivity index (χ1n) is 4.50. The van der Waals surface area contributed by atoms with E-state index in [1.807, 2.05) is 6.79 Å². The fourth-order valence-electron chi connectivity index (χ4n) is 1.21. The topological polar surface area (TPSA) is 108 Å². The van der Waals surface area contributed by atoms with Gasteiger partial charge in [-0.25, -0.2) is 14.2 Å². The Labute approximate surface area is 96.1 Å². The Morgan fingerprint density at radius 2 is 2.24 bits per heavy atom. The maximum Gasteiger partial charge on any atom is 0.353 e. The monoisotopic (exact) mass is 234 g/mol. The summed E-state index contributed by atoms with van der Waals surface area (Å²) < 4.78 is 2.35. The highest BCUT2D eigenvalue weighted by Crippen LogP contribution is 2.00. The van der Waals surface area contributed by atoms with Gasteiger partial charge in [-0.3, -0.25) is 0 Å². The minimum absolute atomic E-state index is 0.0813. The number of hydrogen-bond acceptors (Lipinski definition) is 6. The van der Waals surface area contributed by atoms with Gasteiger partial charge in [-0.15, -0.1) is 11.5 Å². The van der Waals surface area contributed by atoms with Gasteiger partial charge < -0.3 is 10.5 Å². The lowest BCUT2D eigenvalue weighted by Gasteiger charge is -1.98. The number of terminal acetylenes is 1. The van der Waals surface area contributed by atoms with Gasteiger partial charge in [0.25, 0.3) is 0 Å². The standard InChI is InChI=1S/C8H8N6O.CH2O/c1-2-3-14-8(15)13-5-10-6(4-9)7(13)11-12-14;1-2/h1,5H,3-4,9H2;1H2. The molecule has 2 rings (SSSR count). The quantitative estimate of drug-likeness (QED) is 0.614. The molecular weight excluding hydrogens is 224 g/mol. The van der Waals surface area contributed by atoms with Crippen LogP contribution in [0.2, 0.25) is 0 Å². The van der Waals surface area contributed by atoms with Crippen LogP contribution in [0.5, 0.6) is 0 Å². The first kappa shape index (κ1) is 12.5. The van der Waals surface area contributed by atoms with Crippen LogP contribution in [0.4, 0.5) is 0 Å². The van der Waals surface area contributed by atoms with E-state index in [1.165, 1.54) is 10.7 Å². The number of carbonyl (C=O) groups is 1. The predicted molar refractivity (Wildman–Crippen MR) is 58.9 cm³/mol. The van der Waals surface area contributed by atoms with Crippen molar-refractivity contribution in [2.75, 3.05) is 0 Å². The Balaban J connectivity index is 0.000000686. The average Bonchev–Trinajstić information content (AvgIpc) is 2.79. The third-order valence-corrected chi connectivity index (χ3v) is 1.92. The van der Waals surface area contributed by atoms with Gasteiger partial charge in [0.15, 0.2) is 5.65 Å². The molecule has 2 N–H and O–H groups in total. The third kappa shape index (κ3) is 2.19. The number of nitrogens with two attached hydrogens (primary N) is 1. The smallest absolute Gasteiger partial charge is 0.325 e. The number of carbonyl (C=O) groups excluding carboxylic acids is 1. The fourth-order valence-corrected chi connectivity index (χ4v) is 1.21. The van der Waals surface area contributed by atoms with Crippen LogP contribution in [0.15, 0.2) is 11.1 Å². The number of nitrogens with zero attached hydrogens (tertiary/aromatic N) is 5. The predicted octanol–water partition coefficient (Wildman–Crippen LogP) is -1.81. The van der Waals surface area contributed by atoms with E-state index in [0.29, 0.717) is 11.3 Å². The van der Waals surface area contributed by atoms with E-state index in [1.54, 1.807) is 0 Å². The third-order valence-electron chi connectivity index (χ3n) is 1.92. The summed E-state index contributed by atoms with van der Waals surface area (Å²) in [7, 11) is 0. The van der Waals surface area contributed by atoms with E-state index < -0.39 is 0 Å². The van der Waals surface area contributed by atoms with Crippen molar-refractivity contribution in [1.29, 1.82) is 0 Å². The zero-order valence-corrected chi connectivity index (χ0v) is 8.91. The molecule has 0 radical (unpaired) electrons. The molecule has 0 fully saturated rings. The van der Waals surface area contributed by atoms with Crippen LogP contribution in [0.3, 0.4) is 0 Å². The van der Waals surface area contributed by atoms with Gasteiger partial charge in [-0.05, 0) is 0 Å². The van der Waals surface area contributed by atoms with E-state index >= 15 is 0 Å². The van der Waals surface area contributed by atoms with E-state index in [4.69, 9.17) is 17.0 Å². The summed E-state index contributed by atoms with van der Waals surface area (Å²) in [6.45, 7) is 2.29. The summed E-state index contributed by atoms with van der Waals surface area (Å²) in [4.78, 5) is 23.6. The van der Waals surface area contributed by atoms with Crippen molar-refractivity contribution >= 4 is 12.4 Å². The molecule has 0 unspecified atom stereocenters. The highest BCUT2D eigenvalue weighted by molar-refractivity contribution is 5.41. The molecule has 88 valence electrons. The lowest BCUT2D eigenvalue weighted by Crippen LogP contribution is -2.29. The zero-order valence-electron chi connectivity index (χ0n) is 8.91. The summed E-state index contributed by atoms with van der Waals surface area (Å²) in [5, 5.41) is 7.50. The number of hydrogen-bond donors (Lipinski definition) is 1. The SMILES string of the molecule is C#CCn1nnc2c(CN)ncn2c1=O.C=O. The van der Waals surface area contributed by atoms with Crippen molar-refractivity contribution in [3.05, 3.63) is 22.5 Å². The van der Waals surface area contributed by atoms with Crippen LogP contribution in [-0.2, 0) is 17.9 Å². The van der Waals surface area contributed by atoms with Crippen LogP contribution >= 0.6 is 0 Å². The summed E-state index contributed by atoms with van der Waals surface area (Å²) in [6, 6.07) is 0. The van der Waals surface area contributed by atoms with Gasteiger partial charge in [0.2, 0.25) is 0 Å². The van der Waals surface area contributed by atoms with Gasteiger partial charge >= 0.3 is 5.69 Å². The largest absolute Gasteiger partial charge is 0.353 e. The molecule has 2 heterocycles. The van der Waals surface area contributed by atoms with Crippen LogP contribution in [0.25, 0.3) is 5.65 Å². The van der Waals surface area contributed by atoms with E-state index in [2.05, 4.69) is 21.2 Å². The minimum Gasteiger partial charge on any atom is -0.325 e. The van der Waals surface area contributed by atoms with E-state index in [-0.39, 0.29) is 18.8 Å². The van der Waals surface area contributed by atoms with Crippen molar-refractivity contribution in [1.82, 2.24) is 24.4 Å². The Hall–Kier alpha value is -2.53. The maximum absolute atomic E-state index is 11.7.